The van der Waals surface area contributed by atoms with Gasteiger partial charge in [0, 0.05) is 17.5 Å². The Bertz CT molecular complexity index is 462. The fourth-order valence-electron chi connectivity index (χ4n) is 2.77. The molecule has 2 atom stereocenters. The van der Waals surface area contributed by atoms with Crippen LogP contribution < -0.4 is 5.73 Å². The number of rotatable bonds is 4. The number of hydrogen-bond acceptors (Lipinski definition) is 3. The van der Waals surface area contributed by atoms with E-state index in [0.29, 0.717) is 6.54 Å². The SMILES string of the molecule is CCN(Cc1ccc(Br)s1)C(=O)C1(C)CCCC1N. The molecular formula is C14H21BrN2OS. The summed E-state index contributed by atoms with van der Waals surface area (Å²) in [5, 5.41) is 0. The van der Waals surface area contributed by atoms with E-state index >= 15 is 0 Å². The third-order valence-corrected chi connectivity index (χ3v) is 5.77. The maximum Gasteiger partial charge on any atom is 0.230 e. The van der Waals surface area contributed by atoms with Crippen molar-refractivity contribution >= 4 is 33.2 Å². The molecule has 1 fully saturated rings. The van der Waals surface area contributed by atoms with E-state index in [4.69, 9.17) is 5.73 Å². The summed E-state index contributed by atoms with van der Waals surface area (Å²) in [5.41, 5.74) is 5.78. The van der Waals surface area contributed by atoms with Gasteiger partial charge in [0.25, 0.3) is 0 Å². The summed E-state index contributed by atoms with van der Waals surface area (Å²) in [7, 11) is 0. The summed E-state index contributed by atoms with van der Waals surface area (Å²) < 4.78 is 1.11. The average molecular weight is 345 g/mol. The molecule has 0 aliphatic heterocycles. The van der Waals surface area contributed by atoms with E-state index in [0.717, 1.165) is 29.6 Å². The molecule has 0 radical (unpaired) electrons. The quantitative estimate of drug-likeness (QED) is 0.909. The summed E-state index contributed by atoms with van der Waals surface area (Å²) in [4.78, 5) is 15.9. The van der Waals surface area contributed by atoms with Crippen LogP contribution >= 0.6 is 27.3 Å². The molecule has 19 heavy (non-hydrogen) atoms. The van der Waals surface area contributed by atoms with Crippen molar-refractivity contribution in [1.82, 2.24) is 4.90 Å². The van der Waals surface area contributed by atoms with Crippen molar-refractivity contribution in [2.45, 2.75) is 45.7 Å². The number of carbonyl (C=O) groups is 1. The third kappa shape index (κ3) is 3.03. The monoisotopic (exact) mass is 344 g/mol. The number of thiophene rings is 1. The normalized spacial score (nSPS) is 26.6. The molecule has 0 bridgehead atoms. The summed E-state index contributed by atoms with van der Waals surface area (Å²) in [6.45, 7) is 5.48. The van der Waals surface area contributed by atoms with Gasteiger partial charge >= 0.3 is 0 Å². The van der Waals surface area contributed by atoms with Gasteiger partial charge in [0.1, 0.15) is 0 Å². The molecule has 0 spiro atoms. The zero-order valence-corrected chi connectivity index (χ0v) is 13.9. The predicted molar refractivity (Wildman–Crippen MR) is 83.0 cm³/mol. The number of nitrogens with zero attached hydrogens (tertiary/aromatic N) is 1. The van der Waals surface area contributed by atoms with E-state index in [2.05, 4.69) is 22.0 Å². The first kappa shape index (κ1) is 15.0. The molecule has 1 aliphatic rings. The van der Waals surface area contributed by atoms with Gasteiger partial charge in [-0.05, 0) is 54.8 Å². The number of nitrogens with two attached hydrogens (primary N) is 1. The van der Waals surface area contributed by atoms with Crippen LogP contribution in [0, 0.1) is 5.41 Å². The van der Waals surface area contributed by atoms with Crippen LogP contribution in [0.3, 0.4) is 0 Å². The van der Waals surface area contributed by atoms with E-state index in [-0.39, 0.29) is 17.4 Å². The molecule has 3 nitrogen and oxygen atoms in total. The van der Waals surface area contributed by atoms with Crippen LogP contribution in [0.4, 0.5) is 0 Å². The van der Waals surface area contributed by atoms with E-state index < -0.39 is 0 Å². The van der Waals surface area contributed by atoms with Crippen molar-refractivity contribution in [3.8, 4) is 0 Å². The lowest BCUT2D eigenvalue weighted by molar-refractivity contribution is -0.142. The second-order valence-corrected chi connectivity index (χ2v) is 7.99. The van der Waals surface area contributed by atoms with Crippen LogP contribution in [0.25, 0.3) is 0 Å². The van der Waals surface area contributed by atoms with Crippen molar-refractivity contribution in [1.29, 1.82) is 0 Å². The van der Waals surface area contributed by atoms with Crippen LogP contribution in [-0.4, -0.2) is 23.4 Å². The molecule has 1 aromatic heterocycles. The second kappa shape index (κ2) is 5.94. The van der Waals surface area contributed by atoms with Gasteiger partial charge in [-0.2, -0.15) is 0 Å². The van der Waals surface area contributed by atoms with Gasteiger partial charge in [-0.3, -0.25) is 4.79 Å². The molecule has 1 saturated carbocycles. The maximum absolute atomic E-state index is 12.8. The molecule has 2 N–H and O–H groups in total. The molecule has 1 amide bonds. The topological polar surface area (TPSA) is 46.3 Å². The summed E-state index contributed by atoms with van der Waals surface area (Å²) in [6, 6.07) is 4.10. The molecular weight excluding hydrogens is 324 g/mol. The van der Waals surface area contributed by atoms with Crippen LogP contribution in [-0.2, 0) is 11.3 Å². The number of amides is 1. The van der Waals surface area contributed by atoms with Crippen molar-refractivity contribution < 1.29 is 4.79 Å². The molecule has 106 valence electrons. The lowest BCUT2D eigenvalue weighted by Gasteiger charge is -2.33. The minimum Gasteiger partial charge on any atom is -0.337 e. The Labute approximate surface area is 127 Å². The van der Waals surface area contributed by atoms with Gasteiger partial charge in [-0.15, -0.1) is 11.3 Å². The van der Waals surface area contributed by atoms with Crippen LogP contribution in [0.15, 0.2) is 15.9 Å². The number of halogens is 1. The van der Waals surface area contributed by atoms with E-state index in [9.17, 15) is 4.79 Å². The van der Waals surface area contributed by atoms with Crippen LogP contribution in [0.2, 0.25) is 0 Å². The molecule has 1 aromatic rings. The number of carbonyl (C=O) groups excluding carboxylic acids is 1. The molecule has 5 heteroatoms. The summed E-state index contributed by atoms with van der Waals surface area (Å²) in [5.74, 6) is 0.213. The van der Waals surface area contributed by atoms with Crippen LogP contribution in [0.1, 0.15) is 38.0 Å². The van der Waals surface area contributed by atoms with Crippen molar-refractivity contribution in [2.75, 3.05) is 6.54 Å². The highest BCUT2D eigenvalue weighted by molar-refractivity contribution is 9.11. The van der Waals surface area contributed by atoms with Crippen LogP contribution in [0.5, 0.6) is 0 Å². The average Bonchev–Trinajstić information content (AvgIpc) is 2.94. The first-order chi connectivity index (χ1) is 8.97. The highest BCUT2D eigenvalue weighted by Crippen LogP contribution is 2.38. The van der Waals surface area contributed by atoms with E-state index in [1.807, 2.05) is 24.8 Å². The van der Waals surface area contributed by atoms with Crippen molar-refractivity contribution in [3.63, 3.8) is 0 Å². The van der Waals surface area contributed by atoms with Crippen molar-refractivity contribution in [3.05, 3.63) is 20.8 Å². The third-order valence-electron chi connectivity index (χ3n) is 4.16. The fraction of sp³-hybridized carbons (Fsp3) is 0.643. The number of hydrogen-bond donors (Lipinski definition) is 1. The van der Waals surface area contributed by atoms with Gasteiger partial charge < -0.3 is 10.6 Å². The Kier molecular flexibility index (Phi) is 4.69. The molecule has 1 aliphatic carbocycles. The van der Waals surface area contributed by atoms with Gasteiger partial charge in [-0.1, -0.05) is 6.42 Å². The van der Waals surface area contributed by atoms with Gasteiger partial charge in [0.05, 0.1) is 15.7 Å². The largest absolute Gasteiger partial charge is 0.337 e. The Morgan fingerprint density at radius 1 is 1.63 bits per heavy atom. The van der Waals surface area contributed by atoms with E-state index in [1.54, 1.807) is 11.3 Å². The highest BCUT2D eigenvalue weighted by Gasteiger charge is 2.44. The summed E-state index contributed by atoms with van der Waals surface area (Å²) >= 11 is 5.15. The van der Waals surface area contributed by atoms with Crippen molar-refractivity contribution in [2.24, 2.45) is 11.1 Å². The predicted octanol–water partition coefficient (Wildman–Crippen LogP) is 3.38. The lowest BCUT2D eigenvalue weighted by Crippen LogP contribution is -2.48. The Hall–Kier alpha value is -0.390. The zero-order valence-electron chi connectivity index (χ0n) is 11.5. The lowest BCUT2D eigenvalue weighted by atomic mass is 9.83. The Morgan fingerprint density at radius 3 is 2.84 bits per heavy atom. The Balaban J connectivity index is 2.11. The maximum atomic E-state index is 12.8. The summed E-state index contributed by atoms with van der Waals surface area (Å²) in [6.07, 6.45) is 2.94. The minimum absolute atomic E-state index is 0.00382. The highest BCUT2D eigenvalue weighted by atomic mass is 79.9. The molecule has 0 aromatic carbocycles. The fourth-order valence-corrected chi connectivity index (χ4v) is 4.27. The molecule has 2 unspecified atom stereocenters. The molecule has 0 saturated heterocycles. The first-order valence-corrected chi connectivity index (χ1v) is 8.37. The second-order valence-electron chi connectivity index (χ2n) is 5.44. The smallest absolute Gasteiger partial charge is 0.230 e. The first-order valence-electron chi connectivity index (χ1n) is 6.76. The minimum atomic E-state index is -0.371. The van der Waals surface area contributed by atoms with Gasteiger partial charge in [-0.25, -0.2) is 0 Å². The molecule has 2 rings (SSSR count). The molecule has 1 heterocycles. The Morgan fingerprint density at radius 2 is 2.37 bits per heavy atom. The standard InChI is InChI=1S/C14H21BrN2OS/c1-3-17(9-10-6-7-12(15)19-10)13(18)14(2)8-4-5-11(14)16/h6-7,11H,3-5,8-9,16H2,1-2H3. The van der Waals surface area contributed by atoms with Gasteiger partial charge in [0.2, 0.25) is 5.91 Å². The van der Waals surface area contributed by atoms with Gasteiger partial charge in [0.15, 0.2) is 0 Å². The zero-order chi connectivity index (χ0) is 14.0. The van der Waals surface area contributed by atoms with E-state index in [1.165, 1.54) is 4.88 Å².